The van der Waals surface area contributed by atoms with Gasteiger partial charge in [-0.3, -0.25) is 9.78 Å². The molecule has 0 radical (unpaired) electrons. The van der Waals surface area contributed by atoms with Gasteiger partial charge in [0.15, 0.2) is 0 Å². The van der Waals surface area contributed by atoms with Gasteiger partial charge in [-0.2, -0.15) is 5.10 Å². The quantitative estimate of drug-likeness (QED) is 0.655. The third kappa shape index (κ3) is 4.66. The Hall–Kier alpha value is -2.21. The minimum atomic E-state index is -0.303. The molecule has 0 aliphatic carbocycles. The van der Waals surface area contributed by atoms with Crippen LogP contribution in [0.15, 0.2) is 52.3 Å². The monoisotopic (exact) mass is 361 g/mol. The number of ether oxygens (including phenoxy) is 1. The highest BCUT2D eigenvalue weighted by Gasteiger charge is 2.05. The van der Waals surface area contributed by atoms with Gasteiger partial charge in [-0.1, -0.05) is 0 Å². The smallest absolute Gasteiger partial charge is 0.272 e. The predicted octanol–water partition coefficient (Wildman–Crippen LogP) is 3.40. The Kier molecular flexibility index (Phi) is 5.66. The Labute approximate surface area is 137 Å². The Morgan fingerprint density at radius 3 is 2.86 bits per heavy atom. The number of carbonyl (C=O) groups excluding carboxylic acids is 1. The largest absolute Gasteiger partial charge is 0.490 e. The summed E-state index contributed by atoms with van der Waals surface area (Å²) in [6.45, 7) is 3.94. The van der Waals surface area contributed by atoms with Crippen molar-refractivity contribution in [3.8, 4) is 5.75 Å². The highest BCUT2D eigenvalue weighted by atomic mass is 79.9. The van der Waals surface area contributed by atoms with Crippen LogP contribution < -0.4 is 10.2 Å². The molecule has 0 aliphatic rings. The molecule has 2 aromatic rings. The summed E-state index contributed by atoms with van der Waals surface area (Å²) in [7, 11) is 0. The zero-order valence-corrected chi connectivity index (χ0v) is 13.9. The van der Waals surface area contributed by atoms with E-state index in [-0.39, 0.29) is 12.0 Å². The predicted molar refractivity (Wildman–Crippen MR) is 89.2 cm³/mol. The Morgan fingerprint density at radius 1 is 1.41 bits per heavy atom. The van der Waals surface area contributed by atoms with Gasteiger partial charge < -0.3 is 4.74 Å². The van der Waals surface area contributed by atoms with Gasteiger partial charge in [0, 0.05) is 12.4 Å². The van der Waals surface area contributed by atoms with Crippen molar-refractivity contribution in [3.63, 3.8) is 0 Å². The van der Waals surface area contributed by atoms with Crippen LogP contribution in [0.4, 0.5) is 0 Å². The molecule has 0 unspecified atom stereocenters. The van der Waals surface area contributed by atoms with Crippen molar-refractivity contribution in [1.29, 1.82) is 0 Å². The van der Waals surface area contributed by atoms with Gasteiger partial charge in [-0.15, -0.1) is 0 Å². The Balaban J connectivity index is 1.99. The molecule has 0 bridgehead atoms. The molecule has 1 aromatic carbocycles. The Bertz CT molecular complexity index is 672. The lowest BCUT2D eigenvalue weighted by Crippen LogP contribution is -2.17. The topological polar surface area (TPSA) is 63.6 Å². The summed E-state index contributed by atoms with van der Waals surface area (Å²) in [5.74, 6) is 0.467. The van der Waals surface area contributed by atoms with Crippen LogP contribution in [0.3, 0.4) is 0 Å². The van der Waals surface area contributed by atoms with Gasteiger partial charge in [0.05, 0.1) is 22.4 Å². The zero-order valence-electron chi connectivity index (χ0n) is 12.3. The van der Waals surface area contributed by atoms with Crippen LogP contribution in [0.2, 0.25) is 0 Å². The Morgan fingerprint density at radius 2 is 2.23 bits per heavy atom. The molecule has 0 saturated heterocycles. The maximum Gasteiger partial charge on any atom is 0.272 e. The van der Waals surface area contributed by atoms with Crippen molar-refractivity contribution in [2.45, 2.75) is 20.0 Å². The summed E-state index contributed by atoms with van der Waals surface area (Å²) in [6.07, 6.45) is 4.77. The molecule has 0 fully saturated rings. The molecule has 0 aliphatic heterocycles. The normalized spacial score (nSPS) is 10.9. The number of halogens is 1. The fraction of sp³-hybridized carbons (Fsp3) is 0.188. The number of carbonyl (C=O) groups is 1. The average molecular weight is 362 g/mol. The summed E-state index contributed by atoms with van der Waals surface area (Å²) in [6, 6.07) is 8.96. The number of benzene rings is 1. The van der Waals surface area contributed by atoms with E-state index in [1.807, 2.05) is 32.0 Å². The molecule has 5 nitrogen and oxygen atoms in total. The van der Waals surface area contributed by atoms with E-state index in [0.717, 1.165) is 15.8 Å². The van der Waals surface area contributed by atoms with Gasteiger partial charge in [-0.25, -0.2) is 5.43 Å². The van der Waals surface area contributed by atoms with Crippen LogP contribution in [0.5, 0.6) is 5.75 Å². The number of pyridine rings is 1. The first-order valence-corrected chi connectivity index (χ1v) is 7.55. The molecular weight excluding hydrogens is 346 g/mol. The maximum absolute atomic E-state index is 11.8. The second-order valence-electron chi connectivity index (χ2n) is 4.80. The van der Waals surface area contributed by atoms with Crippen LogP contribution >= 0.6 is 15.9 Å². The first kappa shape index (κ1) is 16.2. The molecule has 1 amide bonds. The van der Waals surface area contributed by atoms with Crippen molar-refractivity contribution in [2.75, 3.05) is 0 Å². The van der Waals surface area contributed by atoms with Crippen LogP contribution in [0.25, 0.3) is 0 Å². The van der Waals surface area contributed by atoms with E-state index in [9.17, 15) is 4.79 Å². The molecule has 2 rings (SSSR count). The van der Waals surface area contributed by atoms with Crippen molar-refractivity contribution in [2.24, 2.45) is 5.10 Å². The van der Waals surface area contributed by atoms with Crippen molar-refractivity contribution >= 4 is 28.1 Å². The molecule has 22 heavy (non-hydrogen) atoms. The van der Waals surface area contributed by atoms with Crippen molar-refractivity contribution in [1.82, 2.24) is 10.4 Å². The molecule has 6 heteroatoms. The van der Waals surface area contributed by atoms with Crippen molar-refractivity contribution in [3.05, 3.63) is 58.3 Å². The number of rotatable bonds is 5. The molecule has 0 spiro atoms. The number of nitrogens with one attached hydrogen (secondary N) is 1. The van der Waals surface area contributed by atoms with E-state index in [2.05, 4.69) is 31.4 Å². The summed E-state index contributed by atoms with van der Waals surface area (Å²) in [4.78, 5) is 15.7. The number of nitrogens with zero attached hydrogens (tertiary/aromatic N) is 2. The second kappa shape index (κ2) is 7.70. The van der Waals surface area contributed by atoms with Gasteiger partial charge in [-0.05, 0) is 65.7 Å². The van der Waals surface area contributed by atoms with E-state index < -0.39 is 0 Å². The van der Waals surface area contributed by atoms with E-state index in [4.69, 9.17) is 4.74 Å². The third-order valence-corrected chi connectivity index (χ3v) is 3.24. The molecular formula is C16H16BrN3O2. The lowest BCUT2D eigenvalue weighted by Gasteiger charge is -2.11. The number of amides is 1. The number of hydrogen-bond donors (Lipinski definition) is 1. The lowest BCUT2D eigenvalue weighted by molar-refractivity contribution is 0.0955. The SMILES string of the molecule is CC(C)Oc1ccc(/C=N\NC(=O)c2cccnc2)cc1Br. The standard InChI is InChI=1S/C16H16BrN3O2/c1-11(2)22-15-6-5-12(8-14(15)17)9-19-20-16(21)13-4-3-7-18-10-13/h3-11H,1-2H3,(H,20,21)/b19-9-. The van der Waals surface area contributed by atoms with Crippen LogP contribution in [0.1, 0.15) is 29.8 Å². The zero-order chi connectivity index (χ0) is 15.9. The molecule has 1 heterocycles. The molecule has 114 valence electrons. The van der Waals surface area contributed by atoms with E-state index >= 15 is 0 Å². The van der Waals surface area contributed by atoms with Gasteiger partial charge in [0.1, 0.15) is 5.75 Å². The van der Waals surface area contributed by atoms with Crippen LogP contribution in [-0.2, 0) is 0 Å². The van der Waals surface area contributed by atoms with Crippen LogP contribution in [0, 0.1) is 0 Å². The maximum atomic E-state index is 11.8. The highest BCUT2D eigenvalue weighted by Crippen LogP contribution is 2.26. The second-order valence-corrected chi connectivity index (χ2v) is 5.65. The number of hydrogen-bond acceptors (Lipinski definition) is 4. The number of hydrazone groups is 1. The fourth-order valence-electron chi connectivity index (χ4n) is 1.67. The summed E-state index contributed by atoms with van der Waals surface area (Å²) in [5, 5.41) is 3.94. The summed E-state index contributed by atoms with van der Waals surface area (Å²) >= 11 is 3.45. The first-order chi connectivity index (χ1) is 10.6. The molecule has 1 N–H and O–H groups in total. The molecule has 0 saturated carbocycles. The molecule has 1 aromatic heterocycles. The molecule has 0 atom stereocenters. The minimum Gasteiger partial charge on any atom is -0.490 e. The van der Waals surface area contributed by atoms with Crippen molar-refractivity contribution < 1.29 is 9.53 Å². The first-order valence-electron chi connectivity index (χ1n) is 6.76. The third-order valence-electron chi connectivity index (χ3n) is 2.62. The number of aromatic nitrogens is 1. The van der Waals surface area contributed by atoms with Crippen LogP contribution in [-0.4, -0.2) is 23.2 Å². The van der Waals surface area contributed by atoms with Gasteiger partial charge in [0.2, 0.25) is 0 Å². The lowest BCUT2D eigenvalue weighted by atomic mass is 10.2. The summed E-state index contributed by atoms with van der Waals surface area (Å²) in [5.41, 5.74) is 3.76. The van der Waals surface area contributed by atoms with E-state index in [1.165, 1.54) is 6.20 Å². The summed E-state index contributed by atoms with van der Waals surface area (Å²) < 4.78 is 6.47. The highest BCUT2D eigenvalue weighted by molar-refractivity contribution is 9.10. The average Bonchev–Trinajstić information content (AvgIpc) is 2.50. The van der Waals surface area contributed by atoms with E-state index in [0.29, 0.717) is 5.56 Å². The van der Waals surface area contributed by atoms with E-state index in [1.54, 1.807) is 24.5 Å². The fourth-order valence-corrected chi connectivity index (χ4v) is 2.16. The van der Waals surface area contributed by atoms with Gasteiger partial charge >= 0.3 is 0 Å². The minimum absolute atomic E-state index is 0.106. The van der Waals surface area contributed by atoms with Gasteiger partial charge in [0.25, 0.3) is 5.91 Å².